The molecule has 0 N–H and O–H groups in total. The molecule has 1 fully saturated rings. The highest BCUT2D eigenvalue weighted by atomic mass is 16.5. The van der Waals surface area contributed by atoms with E-state index in [-0.39, 0.29) is 11.8 Å². The Bertz CT molecular complexity index is 2490. The molecule has 1 aliphatic rings. The Balaban J connectivity index is 1.29. The first-order valence-electron chi connectivity index (χ1n) is 18.1. The van der Waals surface area contributed by atoms with Gasteiger partial charge in [0.1, 0.15) is 11.4 Å². The van der Waals surface area contributed by atoms with E-state index in [1.54, 1.807) is 33.9 Å². The molecule has 2 amide bonds. The van der Waals surface area contributed by atoms with Crippen LogP contribution in [0.5, 0.6) is 0 Å². The largest absolute Gasteiger partial charge is 0.379 e. The predicted octanol–water partition coefficient (Wildman–Crippen LogP) is 3.29. The van der Waals surface area contributed by atoms with Gasteiger partial charge >= 0.3 is 0 Å². The average molecular weight is 719 g/mol. The van der Waals surface area contributed by atoms with Crippen molar-refractivity contribution in [2.24, 2.45) is 24.1 Å². The van der Waals surface area contributed by atoms with Crippen molar-refractivity contribution in [3.05, 3.63) is 101 Å². The van der Waals surface area contributed by atoms with Gasteiger partial charge in [0.2, 0.25) is 11.2 Å². The lowest BCUT2D eigenvalue weighted by atomic mass is 10.1. The molecule has 6 heterocycles. The van der Waals surface area contributed by atoms with E-state index in [9.17, 15) is 9.59 Å². The Morgan fingerprint density at radius 2 is 1.38 bits per heavy atom. The summed E-state index contributed by atoms with van der Waals surface area (Å²) in [5, 5.41) is 8.92. The number of hydrogen-bond donors (Lipinski definition) is 0. The number of ether oxygens (including phenoxy) is 1. The number of aryl methyl sites for hydroxylation is 6. The molecular formula is C38H46N12O3. The van der Waals surface area contributed by atoms with Crippen LogP contribution in [0.4, 0.5) is 0 Å². The number of morpholine rings is 1. The second kappa shape index (κ2) is 15.1. The van der Waals surface area contributed by atoms with Crippen LogP contribution in [0.1, 0.15) is 51.8 Å². The smallest absolute Gasteiger partial charge is 0.298 e. The summed E-state index contributed by atoms with van der Waals surface area (Å²) in [6.45, 7) is 13.5. The van der Waals surface area contributed by atoms with Crippen molar-refractivity contribution in [3.8, 4) is 0 Å². The summed E-state index contributed by atoms with van der Waals surface area (Å²) in [6, 6.07) is 11.7. The van der Waals surface area contributed by atoms with Gasteiger partial charge in [-0.15, -0.1) is 0 Å². The van der Waals surface area contributed by atoms with Crippen LogP contribution >= 0.6 is 0 Å². The van der Waals surface area contributed by atoms with Crippen molar-refractivity contribution in [2.45, 2.75) is 60.4 Å². The number of imidazole rings is 2. The quantitative estimate of drug-likeness (QED) is 0.198. The van der Waals surface area contributed by atoms with Crippen molar-refractivity contribution >= 4 is 33.9 Å². The summed E-state index contributed by atoms with van der Waals surface area (Å²) in [6.07, 6.45) is 7.64. The van der Waals surface area contributed by atoms with E-state index in [2.05, 4.69) is 53.9 Å². The fourth-order valence-electron chi connectivity index (χ4n) is 7.14. The first kappa shape index (κ1) is 35.7. The number of hydrogen-bond acceptors (Lipinski definition) is 7. The lowest BCUT2D eigenvalue weighted by Crippen LogP contribution is -2.35. The maximum atomic E-state index is 13.8. The van der Waals surface area contributed by atoms with Crippen LogP contribution in [-0.4, -0.2) is 85.8 Å². The standard InChI is InChI=1S/C38H46N12O3/c1-7-49-31(22-26(3)42-49)35(51)40-37-44(5)29-14-15-39-24-33(29)47(37)16-9-10-17-48-34-28(25-46-18-20-53-21-19-46)12-11-13-30(34)45(6)38(48)41-36(52)32-23-27(4)43-50(32)8-2/h9-15,22-24H,7-8,16-21,25H2,1-6H3/b10-9+,40-37?,41-38?. The van der Waals surface area contributed by atoms with E-state index in [1.807, 2.05) is 67.6 Å². The molecule has 0 aliphatic carbocycles. The first-order chi connectivity index (χ1) is 25.7. The van der Waals surface area contributed by atoms with E-state index < -0.39 is 0 Å². The molecule has 1 saturated heterocycles. The van der Waals surface area contributed by atoms with E-state index >= 15 is 0 Å². The van der Waals surface area contributed by atoms with E-state index in [0.29, 0.717) is 62.0 Å². The molecule has 0 unspecified atom stereocenters. The number of fused-ring (bicyclic) bond motifs is 2. The summed E-state index contributed by atoms with van der Waals surface area (Å²) < 4.78 is 17.0. The Morgan fingerprint density at radius 3 is 2.00 bits per heavy atom. The van der Waals surface area contributed by atoms with Gasteiger partial charge in [-0.3, -0.25) is 28.8 Å². The number of carbonyl (C=O) groups excluding carboxylic acids is 2. The molecule has 15 nitrogen and oxygen atoms in total. The molecular weight excluding hydrogens is 672 g/mol. The Labute approximate surface area is 306 Å². The van der Waals surface area contributed by atoms with Crippen molar-refractivity contribution < 1.29 is 14.3 Å². The van der Waals surface area contributed by atoms with Crippen LogP contribution in [0.15, 0.2) is 70.9 Å². The lowest BCUT2D eigenvalue weighted by molar-refractivity contribution is 0.0343. The molecule has 1 aromatic carbocycles. The highest BCUT2D eigenvalue weighted by molar-refractivity contribution is 5.94. The van der Waals surface area contributed by atoms with Crippen molar-refractivity contribution in [1.82, 2.24) is 47.7 Å². The molecule has 0 spiro atoms. The zero-order valence-corrected chi connectivity index (χ0v) is 31.2. The molecule has 53 heavy (non-hydrogen) atoms. The number of allylic oxidation sites excluding steroid dienone is 2. The molecule has 1 aliphatic heterocycles. The minimum atomic E-state index is -0.362. The normalized spacial score (nSPS) is 14.8. The SMILES string of the molecule is CCn1nc(C)cc1C(=O)N=c1n(C)c2ccncc2n1C/C=C/Cn1c(=NC(=O)c2cc(C)nn2CC)n(C)c2cccc(CN3CCOCC3)c21. The topological polar surface area (TPSA) is 140 Å². The number of benzene rings is 1. The summed E-state index contributed by atoms with van der Waals surface area (Å²) in [7, 11) is 3.85. The van der Waals surface area contributed by atoms with Crippen LogP contribution in [0.3, 0.4) is 0 Å². The number of pyridine rings is 1. The Hall–Kier alpha value is -5.67. The van der Waals surface area contributed by atoms with E-state index in [1.165, 1.54) is 0 Å². The highest BCUT2D eigenvalue weighted by Crippen LogP contribution is 2.21. The van der Waals surface area contributed by atoms with Gasteiger partial charge < -0.3 is 23.0 Å². The average Bonchev–Trinajstić information content (AvgIpc) is 3.89. The molecule has 276 valence electrons. The Kier molecular flexibility index (Phi) is 10.2. The monoisotopic (exact) mass is 718 g/mol. The van der Waals surface area contributed by atoms with Gasteiger partial charge in [0.15, 0.2) is 0 Å². The van der Waals surface area contributed by atoms with Gasteiger partial charge in [-0.1, -0.05) is 24.3 Å². The summed E-state index contributed by atoms with van der Waals surface area (Å²) in [4.78, 5) is 43.4. The lowest BCUT2D eigenvalue weighted by Gasteiger charge is -2.27. The van der Waals surface area contributed by atoms with Crippen LogP contribution in [0.25, 0.3) is 22.1 Å². The third-order valence-electron chi connectivity index (χ3n) is 9.73. The number of rotatable bonds is 10. The molecule has 5 aromatic heterocycles. The molecule has 0 radical (unpaired) electrons. The number of carbonyl (C=O) groups is 2. The zero-order valence-electron chi connectivity index (χ0n) is 31.2. The van der Waals surface area contributed by atoms with Gasteiger partial charge in [0, 0.05) is 66.1 Å². The highest BCUT2D eigenvalue weighted by Gasteiger charge is 2.20. The molecule has 6 aromatic rings. The third kappa shape index (κ3) is 6.97. The minimum Gasteiger partial charge on any atom is -0.379 e. The maximum Gasteiger partial charge on any atom is 0.298 e. The van der Waals surface area contributed by atoms with Gasteiger partial charge in [-0.25, -0.2) is 0 Å². The second-order valence-electron chi connectivity index (χ2n) is 13.3. The fraction of sp³-hybridized carbons (Fsp3) is 0.395. The maximum absolute atomic E-state index is 13.8. The summed E-state index contributed by atoms with van der Waals surface area (Å²) in [5.74, 6) is -0.709. The second-order valence-corrected chi connectivity index (χ2v) is 13.3. The zero-order chi connectivity index (χ0) is 37.2. The minimum absolute atomic E-state index is 0.347. The molecule has 0 atom stereocenters. The third-order valence-corrected chi connectivity index (χ3v) is 9.73. The van der Waals surface area contributed by atoms with Crippen molar-refractivity contribution in [1.29, 1.82) is 0 Å². The van der Waals surface area contributed by atoms with Crippen LogP contribution < -0.4 is 11.2 Å². The summed E-state index contributed by atoms with van der Waals surface area (Å²) in [5.41, 5.74) is 8.36. The van der Waals surface area contributed by atoms with Crippen LogP contribution in [0, 0.1) is 13.8 Å². The number of nitrogens with zero attached hydrogens (tertiary/aromatic N) is 12. The van der Waals surface area contributed by atoms with E-state index in [4.69, 9.17) is 9.73 Å². The molecule has 0 saturated carbocycles. The van der Waals surface area contributed by atoms with E-state index in [0.717, 1.165) is 58.7 Å². The molecule has 0 bridgehead atoms. The number of amides is 2. The van der Waals surface area contributed by atoms with Crippen LogP contribution in [0.2, 0.25) is 0 Å². The summed E-state index contributed by atoms with van der Waals surface area (Å²) >= 11 is 0. The van der Waals surface area contributed by atoms with Gasteiger partial charge in [-0.05, 0) is 57.5 Å². The number of aromatic nitrogens is 9. The van der Waals surface area contributed by atoms with Gasteiger partial charge in [0.05, 0.1) is 52.9 Å². The van der Waals surface area contributed by atoms with Gasteiger partial charge in [-0.2, -0.15) is 20.2 Å². The first-order valence-corrected chi connectivity index (χ1v) is 18.1. The number of para-hydroxylation sites is 1. The molecule has 7 rings (SSSR count). The van der Waals surface area contributed by atoms with Crippen molar-refractivity contribution in [2.75, 3.05) is 26.3 Å². The van der Waals surface area contributed by atoms with Crippen LogP contribution in [-0.2, 0) is 51.6 Å². The van der Waals surface area contributed by atoms with Gasteiger partial charge in [0.25, 0.3) is 11.8 Å². The van der Waals surface area contributed by atoms with Crippen molar-refractivity contribution in [3.63, 3.8) is 0 Å². The molecule has 15 heteroatoms. The predicted molar refractivity (Wildman–Crippen MR) is 200 cm³/mol. The Morgan fingerprint density at radius 1 is 0.792 bits per heavy atom. The fourth-order valence-corrected chi connectivity index (χ4v) is 7.14.